The van der Waals surface area contributed by atoms with Crippen molar-refractivity contribution in [2.75, 3.05) is 37.6 Å². The summed E-state index contributed by atoms with van der Waals surface area (Å²) in [6, 6.07) is 0.749. The number of primary amides is 1. The smallest absolute Gasteiger partial charge is 0.314 e. The van der Waals surface area contributed by atoms with Crippen LogP contribution in [0.5, 0.6) is 0 Å². The van der Waals surface area contributed by atoms with E-state index in [0.717, 1.165) is 37.6 Å². The molecule has 3 fully saturated rings. The quantitative estimate of drug-likeness (QED) is 0.911. The van der Waals surface area contributed by atoms with Crippen LogP contribution in [0.1, 0.15) is 25.7 Å². The van der Waals surface area contributed by atoms with E-state index in [0.29, 0.717) is 18.0 Å². The number of amides is 2. The number of fused-ring (bicyclic) bond motifs is 1. The molecule has 0 aliphatic carbocycles. The molecule has 3 aliphatic rings. The fraction of sp³-hybridized carbons (Fsp3) is 0.750. The number of nitrogens with zero attached hydrogens (tertiary/aromatic N) is 4. The lowest BCUT2D eigenvalue weighted by molar-refractivity contribution is 0.170. The van der Waals surface area contributed by atoms with Crippen LogP contribution in [-0.4, -0.2) is 65.6 Å². The highest BCUT2D eigenvalue weighted by Crippen LogP contribution is 2.40. The van der Waals surface area contributed by atoms with Crippen LogP contribution in [0.3, 0.4) is 0 Å². The Morgan fingerprint density at radius 2 is 2.17 bits per heavy atom. The SMILES string of the molecule is NC(=O)N1CC[C@@H]2[C@@H](C[C@H](CN3CCCC3)N2c2nccs2)C1. The Labute approximate surface area is 141 Å². The van der Waals surface area contributed by atoms with Gasteiger partial charge in [-0.05, 0) is 44.7 Å². The van der Waals surface area contributed by atoms with Gasteiger partial charge >= 0.3 is 6.03 Å². The average Bonchev–Trinajstić information content (AvgIpc) is 3.26. The van der Waals surface area contributed by atoms with Gasteiger partial charge in [-0.25, -0.2) is 9.78 Å². The summed E-state index contributed by atoms with van der Waals surface area (Å²) in [6.45, 7) is 5.16. The van der Waals surface area contributed by atoms with E-state index in [4.69, 9.17) is 5.73 Å². The lowest BCUT2D eigenvalue weighted by atomic mass is 9.92. The van der Waals surface area contributed by atoms with Crippen LogP contribution < -0.4 is 10.6 Å². The summed E-state index contributed by atoms with van der Waals surface area (Å²) >= 11 is 1.74. The first-order chi connectivity index (χ1) is 11.2. The summed E-state index contributed by atoms with van der Waals surface area (Å²) in [5, 5.41) is 3.21. The Kier molecular flexibility index (Phi) is 4.15. The van der Waals surface area contributed by atoms with E-state index in [1.54, 1.807) is 11.3 Å². The Balaban J connectivity index is 1.53. The number of thiazole rings is 1. The summed E-state index contributed by atoms with van der Waals surface area (Å²) in [4.78, 5) is 23.1. The van der Waals surface area contributed by atoms with E-state index in [9.17, 15) is 4.79 Å². The molecule has 0 bridgehead atoms. The molecule has 0 unspecified atom stereocenters. The monoisotopic (exact) mass is 335 g/mol. The largest absolute Gasteiger partial charge is 0.351 e. The maximum absolute atomic E-state index is 11.5. The van der Waals surface area contributed by atoms with Gasteiger partial charge in [0.25, 0.3) is 0 Å². The number of aromatic nitrogens is 1. The molecular weight excluding hydrogens is 310 g/mol. The third kappa shape index (κ3) is 2.92. The first kappa shape index (κ1) is 15.2. The van der Waals surface area contributed by atoms with Crippen LogP contribution in [0.25, 0.3) is 0 Å². The highest BCUT2D eigenvalue weighted by Gasteiger charge is 2.45. The summed E-state index contributed by atoms with van der Waals surface area (Å²) < 4.78 is 0. The van der Waals surface area contributed by atoms with Crippen molar-refractivity contribution in [1.82, 2.24) is 14.8 Å². The van der Waals surface area contributed by atoms with E-state index < -0.39 is 0 Å². The molecule has 0 aromatic carbocycles. The van der Waals surface area contributed by atoms with Crippen LogP contribution in [0.15, 0.2) is 11.6 Å². The summed E-state index contributed by atoms with van der Waals surface area (Å²) in [7, 11) is 0. The van der Waals surface area contributed by atoms with Gasteiger partial charge < -0.3 is 20.4 Å². The molecule has 1 aromatic heterocycles. The number of hydrogen-bond acceptors (Lipinski definition) is 5. The summed E-state index contributed by atoms with van der Waals surface area (Å²) in [5.41, 5.74) is 5.50. The number of hydrogen-bond donors (Lipinski definition) is 1. The normalized spacial score (nSPS) is 31.6. The van der Waals surface area contributed by atoms with Crippen molar-refractivity contribution >= 4 is 22.5 Å². The zero-order valence-electron chi connectivity index (χ0n) is 13.4. The zero-order valence-corrected chi connectivity index (χ0v) is 14.2. The minimum absolute atomic E-state index is 0.271. The number of carbonyl (C=O) groups is 1. The van der Waals surface area contributed by atoms with Crippen LogP contribution in [0.2, 0.25) is 0 Å². The second-order valence-corrected chi connectivity index (χ2v) is 7.89. The van der Waals surface area contributed by atoms with Crippen molar-refractivity contribution in [3.63, 3.8) is 0 Å². The van der Waals surface area contributed by atoms with Crippen LogP contribution in [0.4, 0.5) is 9.93 Å². The predicted molar refractivity (Wildman–Crippen MR) is 91.7 cm³/mol. The topological polar surface area (TPSA) is 65.7 Å². The van der Waals surface area contributed by atoms with Crippen molar-refractivity contribution in [2.45, 2.75) is 37.8 Å². The van der Waals surface area contributed by atoms with Crippen molar-refractivity contribution in [1.29, 1.82) is 0 Å². The molecule has 2 N–H and O–H groups in total. The number of piperidine rings is 1. The third-order valence-corrected chi connectivity index (χ3v) is 6.42. The number of carbonyl (C=O) groups excluding carboxylic acids is 1. The Morgan fingerprint density at radius 3 is 2.87 bits per heavy atom. The van der Waals surface area contributed by atoms with Gasteiger partial charge in [0, 0.05) is 43.3 Å². The van der Waals surface area contributed by atoms with Crippen molar-refractivity contribution in [2.24, 2.45) is 11.7 Å². The number of urea groups is 1. The van der Waals surface area contributed by atoms with Gasteiger partial charge in [-0.3, -0.25) is 0 Å². The molecule has 126 valence electrons. The Morgan fingerprint density at radius 1 is 1.35 bits per heavy atom. The van der Waals surface area contributed by atoms with Gasteiger partial charge in [-0.2, -0.15) is 0 Å². The molecule has 23 heavy (non-hydrogen) atoms. The molecule has 2 amide bonds. The lowest BCUT2D eigenvalue weighted by Gasteiger charge is -2.38. The highest BCUT2D eigenvalue weighted by atomic mass is 32.1. The van der Waals surface area contributed by atoms with Crippen LogP contribution in [0, 0.1) is 5.92 Å². The first-order valence-electron chi connectivity index (χ1n) is 8.67. The molecule has 4 rings (SSSR count). The van der Waals surface area contributed by atoms with Gasteiger partial charge in [0.05, 0.1) is 0 Å². The molecule has 3 aliphatic heterocycles. The molecule has 6 nitrogen and oxygen atoms in total. The van der Waals surface area contributed by atoms with E-state index in [2.05, 4.69) is 20.2 Å². The van der Waals surface area contributed by atoms with Gasteiger partial charge in [0.2, 0.25) is 0 Å². The minimum Gasteiger partial charge on any atom is -0.351 e. The second kappa shape index (κ2) is 6.28. The highest BCUT2D eigenvalue weighted by molar-refractivity contribution is 7.13. The standard InChI is InChI=1S/C16H25N5OS/c17-15(22)20-7-3-14-12(10-20)9-13(11-19-5-1-2-6-19)21(14)16-18-4-8-23-16/h4,8,12-14H,1-3,5-7,9-11H2,(H2,17,22)/t12-,13+,14+/m0/s1. The van der Waals surface area contributed by atoms with Gasteiger partial charge in [-0.1, -0.05) is 0 Å². The predicted octanol–water partition coefficient (Wildman–Crippen LogP) is 1.59. The molecule has 0 spiro atoms. The fourth-order valence-corrected chi connectivity index (χ4v) is 5.39. The van der Waals surface area contributed by atoms with Crippen LogP contribution in [-0.2, 0) is 0 Å². The zero-order chi connectivity index (χ0) is 15.8. The van der Waals surface area contributed by atoms with E-state index >= 15 is 0 Å². The molecule has 0 radical (unpaired) electrons. The van der Waals surface area contributed by atoms with Crippen LogP contribution >= 0.6 is 11.3 Å². The average molecular weight is 335 g/mol. The summed E-state index contributed by atoms with van der Waals surface area (Å²) in [6.07, 6.45) is 6.70. The molecule has 7 heteroatoms. The summed E-state index contributed by atoms with van der Waals surface area (Å²) in [5.74, 6) is 0.521. The molecular formula is C16H25N5OS. The van der Waals surface area contributed by atoms with E-state index in [-0.39, 0.29) is 6.03 Å². The third-order valence-electron chi connectivity index (χ3n) is 5.64. The molecule has 0 saturated carbocycles. The minimum atomic E-state index is -0.271. The molecule has 4 heterocycles. The molecule has 1 aromatic rings. The number of nitrogens with two attached hydrogens (primary N) is 1. The second-order valence-electron chi connectivity index (χ2n) is 7.02. The van der Waals surface area contributed by atoms with Crippen molar-refractivity contribution in [3.8, 4) is 0 Å². The number of likely N-dealkylation sites (tertiary alicyclic amines) is 2. The number of anilines is 1. The van der Waals surface area contributed by atoms with Gasteiger partial charge in [0.1, 0.15) is 0 Å². The maximum Gasteiger partial charge on any atom is 0.314 e. The Hall–Kier alpha value is -1.34. The maximum atomic E-state index is 11.5. The first-order valence-corrected chi connectivity index (χ1v) is 9.55. The number of rotatable bonds is 3. The fourth-order valence-electron chi connectivity index (χ4n) is 4.62. The van der Waals surface area contributed by atoms with Crippen molar-refractivity contribution in [3.05, 3.63) is 11.6 Å². The van der Waals surface area contributed by atoms with E-state index in [1.807, 2.05) is 11.1 Å². The molecule has 3 saturated heterocycles. The lowest BCUT2D eigenvalue weighted by Crippen LogP contribution is -2.51. The molecule has 3 atom stereocenters. The van der Waals surface area contributed by atoms with Crippen molar-refractivity contribution < 1.29 is 4.79 Å². The Bertz CT molecular complexity index is 545. The van der Waals surface area contributed by atoms with Gasteiger partial charge in [-0.15, -0.1) is 11.3 Å². The van der Waals surface area contributed by atoms with Gasteiger partial charge in [0.15, 0.2) is 5.13 Å². The van der Waals surface area contributed by atoms with E-state index in [1.165, 1.54) is 25.9 Å².